The molecule has 1 aliphatic rings. The summed E-state index contributed by atoms with van der Waals surface area (Å²) in [6.45, 7) is 8.42. The maximum atomic E-state index is 12.7. The van der Waals surface area contributed by atoms with Crippen LogP contribution >= 0.6 is 23.1 Å². The molecule has 0 bridgehead atoms. The van der Waals surface area contributed by atoms with Gasteiger partial charge in [0.2, 0.25) is 5.91 Å². The molecule has 2 aromatic heterocycles. The van der Waals surface area contributed by atoms with Crippen LogP contribution in [0, 0.1) is 20.8 Å². The molecule has 3 aromatic rings. The van der Waals surface area contributed by atoms with Crippen LogP contribution in [0.4, 0.5) is 5.00 Å². The summed E-state index contributed by atoms with van der Waals surface area (Å²) in [5.74, 6) is 0.202. The molecule has 5 nitrogen and oxygen atoms in total. The van der Waals surface area contributed by atoms with Crippen molar-refractivity contribution in [1.29, 1.82) is 0 Å². The zero-order valence-corrected chi connectivity index (χ0v) is 21.3. The summed E-state index contributed by atoms with van der Waals surface area (Å²) in [4.78, 5) is 31.4. The van der Waals surface area contributed by atoms with E-state index >= 15 is 0 Å². The lowest BCUT2D eigenvalue weighted by Gasteiger charge is -2.12. The highest BCUT2D eigenvalue weighted by Crippen LogP contribution is 2.38. The number of carbonyl (C=O) groups excluding carboxylic acids is 2. The van der Waals surface area contributed by atoms with Crippen molar-refractivity contribution in [3.63, 3.8) is 0 Å². The van der Waals surface area contributed by atoms with Crippen LogP contribution in [0.1, 0.15) is 63.7 Å². The van der Waals surface area contributed by atoms with Crippen molar-refractivity contribution < 1.29 is 14.3 Å². The molecule has 0 saturated carbocycles. The Balaban J connectivity index is 1.43. The molecule has 4 rings (SSSR count). The van der Waals surface area contributed by atoms with Gasteiger partial charge in [0, 0.05) is 22.4 Å². The van der Waals surface area contributed by atoms with Crippen molar-refractivity contribution in [3.05, 3.63) is 50.9 Å². The van der Waals surface area contributed by atoms with Crippen LogP contribution < -0.4 is 5.32 Å². The molecule has 0 saturated heterocycles. The van der Waals surface area contributed by atoms with Crippen molar-refractivity contribution >= 4 is 50.9 Å². The number of aryl methyl sites for hydroxylation is 4. The van der Waals surface area contributed by atoms with Crippen molar-refractivity contribution in [1.82, 2.24) is 4.98 Å². The normalized spacial score (nSPS) is 13.1. The fourth-order valence-electron chi connectivity index (χ4n) is 4.40. The number of esters is 1. The Hall–Kier alpha value is -2.38. The van der Waals surface area contributed by atoms with Crippen LogP contribution in [-0.4, -0.2) is 29.2 Å². The number of pyridine rings is 1. The summed E-state index contributed by atoms with van der Waals surface area (Å²) in [5.41, 5.74) is 6.25. The molecule has 1 aromatic carbocycles. The number of thiophene rings is 1. The standard InChI is InChI=1S/C26H30N2O3S2/c1-5-31-26(30)23-18-8-6-7-9-20(18)33-25(23)27-21(29)10-11-32-22-14-16(3)19-13-15(2)12-17(4)24(19)28-22/h12-14H,5-11H2,1-4H3,(H,27,29). The average Bonchev–Trinajstić information content (AvgIpc) is 3.12. The highest BCUT2D eigenvalue weighted by molar-refractivity contribution is 7.99. The molecule has 0 atom stereocenters. The quantitative estimate of drug-likeness (QED) is 0.312. The SMILES string of the molecule is CCOC(=O)c1c(NC(=O)CCSc2cc(C)c3cc(C)cc(C)c3n2)sc2c1CCCC2. The number of hydrogen-bond acceptors (Lipinski definition) is 6. The number of aromatic nitrogens is 1. The van der Waals surface area contributed by atoms with Gasteiger partial charge in [-0.3, -0.25) is 4.79 Å². The predicted octanol–water partition coefficient (Wildman–Crippen LogP) is 6.40. The van der Waals surface area contributed by atoms with Crippen molar-refractivity contribution in [2.75, 3.05) is 17.7 Å². The van der Waals surface area contributed by atoms with E-state index in [-0.39, 0.29) is 11.9 Å². The fraction of sp³-hybridized carbons (Fsp3) is 0.423. The Morgan fingerprint density at radius 1 is 1.12 bits per heavy atom. The Kier molecular flexibility index (Phi) is 7.39. The number of carbonyl (C=O) groups is 2. The summed E-state index contributed by atoms with van der Waals surface area (Å²) in [6, 6.07) is 6.42. The van der Waals surface area contributed by atoms with E-state index in [1.165, 1.54) is 38.3 Å². The number of nitrogens with one attached hydrogen (secondary N) is 1. The summed E-state index contributed by atoms with van der Waals surface area (Å²) >= 11 is 3.12. The van der Waals surface area contributed by atoms with Gasteiger partial charge in [0.25, 0.3) is 0 Å². The second-order valence-electron chi connectivity index (χ2n) is 8.54. The minimum absolute atomic E-state index is 0.0871. The van der Waals surface area contributed by atoms with Gasteiger partial charge in [0.1, 0.15) is 5.00 Å². The zero-order chi connectivity index (χ0) is 23.5. The number of ether oxygens (including phenoxy) is 1. The number of rotatable bonds is 7. The molecule has 1 amide bonds. The first-order valence-corrected chi connectivity index (χ1v) is 13.3. The molecule has 0 fully saturated rings. The molecule has 0 unspecified atom stereocenters. The molecule has 33 heavy (non-hydrogen) atoms. The van der Waals surface area contributed by atoms with Gasteiger partial charge in [0.15, 0.2) is 0 Å². The number of benzene rings is 1. The third kappa shape index (κ3) is 5.25. The fourth-order valence-corrected chi connectivity index (χ4v) is 6.61. The van der Waals surface area contributed by atoms with Crippen molar-refractivity contribution in [2.45, 2.75) is 64.8 Å². The van der Waals surface area contributed by atoms with E-state index in [1.807, 2.05) is 0 Å². The van der Waals surface area contributed by atoms with E-state index in [2.05, 4.69) is 44.3 Å². The van der Waals surface area contributed by atoms with Crippen LogP contribution in [0.15, 0.2) is 23.2 Å². The van der Waals surface area contributed by atoms with Gasteiger partial charge in [-0.25, -0.2) is 9.78 Å². The predicted molar refractivity (Wildman–Crippen MR) is 137 cm³/mol. The molecule has 1 aliphatic carbocycles. The number of hydrogen-bond donors (Lipinski definition) is 1. The van der Waals surface area contributed by atoms with Crippen LogP contribution in [0.3, 0.4) is 0 Å². The summed E-state index contributed by atoms with van der Waals surface area (Å²) in [6.07, 6.45) is 4.37. The van der Waals surface area contributed by atoms with Crippen LogP contribution in [0.5, 0.6) is 0 Å². The van der Waals surface area contributed by atoms with E-state index < -0.39 is 0 Å². The highest BCUT2D eigenvalue weighted by Gasteiger charge is 2.27. The van der Waals surface area contributed by atoms with Gasteiger partial charge >= 0.3 is 5.97 Å². The molecular weight excluding hydrogens is 452 g/mol. The van der Waals surface area contributed by atoms with Gasteiger partial charge < -0.3 is 10.1 Å². The Labute approximate surface area is 203 Å². The molecule has 1 N–H and O–H groups in total. The maximum Gasteiger partial charge on any atom is 0.341 e. The summed E-state index contributed by atoms with van der Waals surface area (Å²) < 4.78 is 5.28. The monoisotopic (exact) mass is 482 g/mol. The maximum absolute atomic E-state index is 12.7. The van der Waals surface area contributed by atoms with Crippen molar-refractivity contribution in [2.24, 2.45) is 0 Å². The van der Waals surface area contributed by atoms with Gasteiger partial charge in [-0.2, -0.15) is 0 Å². The second-order valence-corrected chi connectivity index (χ2v) is 10.8. The first-order valence-electron chi connectivity index (χ1n) is 11.5. The highest BCUT2D eigenvalue weighted by atomic mass is 32.2. The largest absolute Gasteiger partial charge is 0.462 e. The third-order valence-corrected chi connectivity index (χ3v) is 8.03. The lowest BCUT2D eigenvalue weighted by molar-refractivity contribution is -0.115. The Morgan fingerprint density at radius 2 is 1.91 bits per heavy atom. The Bertz CT molecular complexity index is 1220. The summed E-state index contributed by atoms with van der Waals surface area (Å²) in [7, 11) is 0. The minimum Gasteiger partial charge on any atom is -0.462 e. The van der Waals surface area contributed by atoms with E-state index in [0.717, 1.165) is 41.8 Å². The zero-order valence-electron chi connectivity index (χ0n) is 19.7. The topological polar surface area (TPSA) is 68.3 Å². The molecule has 0 spiro atoms. The average molecular weight is 483 g/mol. The van der Waals surface area contributed by atoms with E-state index in [0.29, 0.717) is 29.3 Å². The number of amides is 1. The van der Waals surface area contributed by atoms with E-state index in [9.17, 15) is 9.59 Å². The van der Waals surface area contributed by atoms with Gasteiger partial charge in [-0.05, 0) is 82.2 Å². The molecule has 0 aliphatic heterocycles. The lowest BCUT2D eigenvalue weighted by atomic mass is 9.95. The van der Waals surface area contributed by atoms with Gasteiger partial charge in [-0.1, -0.05) is 11.6 Å². The third-order valence-electron chi connectivity index (χ3n) is 5.91. The number of nitrogens with zero attached hydrogens (tertiary/aromatic N) is 1. The van der Waals surface area contributed by atoms with E-state index in [1.54, 1.807) is 18.7 Å². The van der Waals surface area contributed by atoms with Gasteiger partial charge in [-0.15, -0.1) is 23.1 Å². The minimum atomic E-state index is -0.331. The van der Waals surface area contributed by atoms with Crippen LogP contribution in [0.2, 0.25) is 0 Å². The molecular formula is C26H30N2O3S2. The number of thioether (sulfide) groups is 1. The first-order chi connectivity index (χ1) is 15.9. The second kappa shape index (κ2) is 10.3. The summed E-state index contributed by atoms with van der Waals surface area (Å²) in [5, 5.41) is 5.75. The van der Waals surface area contributed by atoms with Crippen LogP contribution in [0.25, 0.3) is 10.9 Å². The number of anilines is 1. The molecule has 174 valence electrons. The molecule has 7 heteroatoms. The lowest BCUT2D eigenvalue weighted by Crippen LogP contribution is -2.16. The molecule has 0 radical (unpaired) electrons. The number of fused-ring (bicyclic) bond motifs is 2. The van der Waals surface area contributed by atoms with Gasteiger partial charge in [0.05, 0.1) is 22.7 Å². The molecule has 2 heterocycles. The first kappa shape index (κ1) is 23.8. The van der Waals surface area contributed by atoms with Crippen LogP contribution in [-0.2, 0) is 22.4 Å². The van der Waals surface area contributed by atoms with E-state index in [4.69, 9.17) is 9.72 Å². The Morgan fingerprint density at radius 3 is 2.70 bits per heavy atom. The smallest absolute Gasteiger partial charge is 0.341 e. The van der Waals surface area contributed by atoms with Crippen molar-refractivity contribution in [3.8, 4) is 0 Å².